The Labute approximate surface area is 217 Å². The molecular formula is C30H34N4O3. The number of nitrogens with one attached hydrogen (secondary N) is 1. The average Bonchev–Trinajstić information content (AvgIpc) is 3.60. The molecule has 1 atom stereocenters. The number of H-pyrrole nitrogens is 1. The first-order valence-electron chi connectivity index (χ1n) is 12.7. The number of nitrogens with zero attached hydrogens (tertiary/aromatic N) is 3. The maximum atomic E-state index is 11.5. The Kier molecular flexibility index (Phi) is 7.15. The van der Waals surface area contributed by atoms with E-state index in [2.05, 4.69) is 64.6 Å². The number of carbonyl (C=O) groups excluding carboxylic acids is 1. The minimum atomic E-state index is -0.341. The molecule has 1 aliphatic carbocycles. The fourth-order valence-electron chi connectivity index (χ4n) is 5.46. The van der Waals surface area contributed by atoms with Crippen LogP contribution in [0.2, 0.25) is 0 Å². The average molecular weight is 499 g/mol. The normalized spacial score (nSPS) is 15.1. The molecule has 1 N–H and O–H groups in total. The summed E-state index contributed by atoms with van der Waals surface area (Å²) in [6, 6.07) is 13.1. The molecule has 1 aliphatic rings. The van der Waals surface area contributed by atoms with Crippen molar-refractivity contribution in [1.29, 1.82) is 0 Å². The minimum absolute atomic E-state index is 0.332. The van der Waals surface area contributed by atoms with Crippen LogP contribution in [0.4, 0.5) is 0 Å². The van der Waals surface area contributed by atoms with Crippen LogP contribution in [-0.4, -0.2) is 46.4 Å². The number of esters is 1. The fraction of sp³-hybridized carbons (Fsp3) is 0.333. The molecule has 0 bridgehead atoms. The van der Waals surface area contributed by atoms with Gasteiger partial charge in [0.15, 0.2) is 0 Å². The highest BCUT2D eigenvalue weighted by atomic mass is 16.5. The van der Waals surface area contributed by atoms with Gasteiger partial charge in [-0.1, -0.05) is 18.2 Å². The van der Waals surface area contributed by atoms with Gasteiger partial charge in [0.2, 0.25) is 0 Å². The van der Waals surface area contributed by atoms with Gasteiger partial charge in [-0.05, 0) is 66.6 Å². The van der Waals surface area contributed by atoms with Gasteiger partial charge in [-0.25, -0.2) is 4.79 Å². The number of hydrogen-bond donors (Lipinski definition) is 1. The fourth-order valence-corrected chi connectivity index (χ4v) is 5.46. The van der Waals surface area contributed by atoms with Crippen LogP contribution < -0.4 is 4.74 Å². The van der Waals surface area contributed by atoms with Gasteiger partial charge in [0.1, 0.15) is 5.75 Å². The van der Waals surface area contributed by atoms with E-state index in [0.29, 0.717) is 6.04 Å². The number of hydrogen-bond acceptors (Lipinski definition) is 5. The van der Waals surface area contributed by atoms with E-state index in [1.54, 1.807) is 7.11 Å². The molecule has 0 amide bonds. The number of rotatable bonds is 9. The summed E-state index contributed by atoms with van der Waals surface area (Å²) < 4.78 is 12.0. The molecule has 192 valence electrons. The van der Waals surface area contributed by atoms with Gasteiger partial charge in [0.25, 0.3) is 0 Å². The summed E-state index contributed by atoms with van der Waals surface area (Å²) in [4.78, 5) is 17.5. The summed E-state index contributed by atoms with van der Waals surface area (Å²) in [6.07, 6.45) is 10.6. The molecule has 1 unspecified atom stereocenters. The van der Waals surface area contributed by atoms with Crippen LogP contribution in [0, 0.1) is 6.92 Å². The Balaban J connectivity index is 1.40. The number of aromatic amines is 1. The van der Waals surface area contributed by atoms with E-state index in [1.807, 2.05) is 23.9 Å². The van der Waals surface area contributed by atoms with Crippen molar-refractivity contribution in [1.82, 2.24) is 19.7 Å². The third-order valence-electron chi connectivity index (χ3n) is 7.40. The molecule has 7 heteroatoms. The van der Waals surface area contributed by atoms with Crippen molar-refractivity contribution < 1.29 is 14.3 Å². The Hall–Kier alpha value is -3.84. The van der Waals surface area contributed by atoms with E-state index in [4.69, 9.17) is 9.47 Å². The van der Waals surface area contributed by atoms with E-state index < -0.39 is 0 Å². The summed E-state index contributed by atoms with van der Waals surface area (Å²) in [6.45, 7) is 3.87. The van der Waals surface area contributed by atoms with Gasteiger partial charge in [-0.3, -0.25) is 9.58 Å². The third-order valence-corrected chi connectivity index (χ3v) is 7.40. The largest absolute Gasteiger partial charge is 0.497 e. The van der Waals surface area contributed by atoms with Gasteiger partial charge in [-0.15, -0.1) is 0 Å². The maximum Gasteiger partial charge on any atom is 0.330 e. The smallest absolute Gasteiger partial charge is 0.330 e. The molecule has 0 spiro atoms. The summed E-state index contributed by atoms with van der Waals surface area (Å²) in [5.74, 6) is 0.519. The highest BCUT2D eigenvalue weighted by Gasteiger charge is 2.29. The molecule has 0 saturated carbocycles. The molecule has 4 aromatic rings. The Morgan fingerprint density at radius 3 is 2.84 bits per heavy atom. The van der Waals surface area contributed by atoms with Crippen molar-refractivity contribution >= 4 is 22.9 Å². The number of aromatic nitrogens is 3. The van der Waals surface area contributed by atoms with E-state index >= 15 is 0 Å². The van der Waals surface area contributed by atoms with Crippen LogP contribution in [0.15, 0.2) is 54.9 Å². The summed E-state index contributed by atoms with van der Waals surface area (Å²) in [7, 11) is 5.07. The molecule has 0 fully saturated rings. The lowest BCUT2D eigenvalue weighted by Crippen LogP contribution is -2.29. The summed E-state index contributed by atoms with van der Waals surface area (Å²) >= 11 is 0. The lowest BCUT2D eigenvalue weighted by Gasteiger charge is -2.29. The molecule has 2 aromatic heterocycles. The third kappa shape index (κ3) is 5.32. The summed E-state index contributed by atoms with van der Waals surface area (Å²) in [5, 5.41) is 5.83. The SMILES string of the molecule is COC(=O)/C=C/c1ccc2c(c1)CCC2N(CCc1c[nH]c2cc(OC)ccc12)Cc1cn(C)nc1C. The standard InChI is InChI=1S/C30H34N4O3/c1-20-24(18-33(2)32-20)19-34(14-13-23-17-31-28-16-25(36-3)8-10-26(23)28)29-11-7-22-15-21(5-9-27(22)29)6-12-30(35)37-4/h5-6,8-10,12,15-18,29,31H,7,11,13-14,19H2,1-4H3/b12-6+. The highest BCUT2D eigenvalue weighted by molar-refractivity contribution is 5.87. The monoisotopic (exact) mass is 498 g/mol. The molecule has 0 aliphatic heterocycles. The second kappa shape index (κ2) is 10.6. The van der Waals surface area contributed by atoms with Crippen molar-refractivity contribution in [3.05, 3.63) is 88.4 Å². The van der Waals surface area contributed by atoms with E-state index in [1.165, 1.54) is 40.8 Å². The zero-order valence-corrected chi connectivity index (χ0v) is 22.0. The number of aryl methyl sites for hydroxylation is 3. The van der Waals surface area contributed by atoms with Gasteiger partial charge >= 0.3 is 5.97 Å². The van der Waals surface area contributed by atoms with E-state index in [-0.39, 0.29) is 5.97 Å². The lowest BCUT2D eigenvalue weighted by molar-refractivity contribution is -0.134. The van der Waals surface area contributed by atoms with E-state index in [9.17, 15) is 4.79 Å². The molecule has 2 heterocycles. The zero-order valence-electron chi connectivity index (χ0n) is 22.0. The van der Waals surface area contributed by atoms with Crippen LogP contribution in [0.1, 0.15) is 46.0 Å². The quantitative estimate of drug-likeness (QED) is 0.256. The number of fused-ring (bicyclic) bond motifs is 2. The highest BCUT2D eigenvalue weighted by Crippen LogP contribution is 2.38. The number of methoxy groups -OCH3 is 2. The van der Waals surface area contributed by atoms with Crippen LogP contribution in [0.5, 0.6) is 5.75 Å². The zero-order chi connectivity index (χ0) is 25.9. The molecule has 7 nitrogen and oxygen atoms in total. The van der Waals surface area contributed by atoms with Gasteiger partial charge in [0, 0.05) is 67.2 Å². The van der Waals surface area contributed by atoms with Crippen molar-refractivity contribution in [2.45, 2.75) is 38.8 Å². The van der Waals surface area contributed by atoms with E-state index in [0.717, 1.165) is 54.9 Å². The Morgan fingerprint density at radius 1 is 1.22 bits per heavy atom. The van der Waals surface area contributed by atoms with Crippen molar-refractivity contribution in [2.24, 2.45) is 7.05 Å². The second-order valence-electron chi connectivity index (χ2n) is 9.73. The first-order valence-corrected chi connectivity index (χ1v) is 12.7. The second-order valence-corrected chi connectivity index (χ2v) is 9.73. The van der Waals surface area contributed by atoms with Crippen LogP contribution in [0.3, 0.4) is 0 Å². The van der Waals surface area contributed by atoms with Crippen molar-refractivity contribution in [2.75, 3.05) is 20.8 Å². The predicted octanol–water partition coefficient (Wildman–Crippen LogP) is 5.14. The molecule has 37 heavy (non-hydrogen) atoms. The Bertz CT molecular complexity index is 1450. The topological polar surface area (TPSA) is 72.4 Å². The molecular weight excluding hydrogens is 464 g/mol. The molecule has 0 saturated heterocycles. The number of carbonyl (C=O) groups is 1. The van der Waals surface area contributed by atoms with Crippen molar-refractivity contribution in [3.63, 3.8) is 0 Å². The lowest BCUT2D eigenvalue weighted by atomic mass is 10.0. The van der Waals surface area contributed by atoms with Crippen LogP contribution in [0.25, 0.3) is 17.0 Å². The Morgan fingerprint density at radius 2 is 2.08 bits per heavy atom. The van der Waals surface area contributed by atoms with Crippen LogP contribution in [-0.2, 0) is 36.0 Å². The van der Waals surface area contributed by atoms with Gasteiger partial charge in [-0.2, -0.15) is 5.10 Å². The number of ether oxygens (including phenoxy) is 2. The maximum absolute atomic E-state index is 11.5. The van der Waals surface area contributed by atoms with Gasteiger partial charge in [0.05, 0.1) is 19.9 Å². The first kappa shape index (κ1) is 24.8. The molecule has 2 aromatic carbocycles. The molecule has 5 rings (SSSR count). The first-order chi connectivity index (χ1) is 17.9. The van der Waals surface area contributed by atoms with Crippen molar-refractivity contribution in [3.8, 4) is 5.75 Å². The predicted molar refractivity (Wildman–Crippen MR) is 145 cm³/mol. The minimum Gasteiger partial charge on any atom is -0.497 e. The van der Waals surface area contributed by atoms with Gasteiger partial charge < -0.3 is 14.5 Å². The number of benzene rings is 2. The molecule has 0 radical (unpaired) electrons. The van der Waals surface area contributed by atoms with Crippen LogP contribution >= 0.6 is 0 Å². The summed E-state index contributed by atoms with van der Waals surface area (Å²) in [5.41, 5.74) is 8.50.